The molecule has 4 fully saturated rings. The van der Waals surface area contributed by atoms with Crippen molar-refractivity contribution < 1.29 is 45.2 Å². The van der Waals surface area contributed by atoms with Crippen LogP contribution in [0.2, 0.25) is 0 Å². The van der Waals surface area contributed by atoms with Crippen LogP contribution in [0.4, 0.5) is 0 Å². The third-order valence-corrected chi connectivity index (χ3v) is 14.6. The highest BCUT2D eigenvalue weighted by Crippen LogP contribution is 2.49. The van der Waals surface area contributed by atoms with Crippen molar-refractivity contribution in [3.63, 3.8) is 0 Å². The molecule has 6 aliphatic rings. The van der Waals surface area contributed by atoms with Crippen LogP contribution in [-0.2, 0) is 49.6 Å². The second-order valence-electron chi connectivity index (χ2n) is 15.3. The first-order valence-corrected chi connectivity index (χ1v) is 20.1. The highest BCUT2D eigenvalue weighted by Gasteiger charge is 2.47. The first kappa shape index (κ1) is 36.5. The van der Waals surface area contributed by atoms with Crippen molar-refractivity contribution in [2.45, 2.75) is 127 Å². The minimum Gasteiger partial charge on any atom is -0.361 e. The number of Topliss-reactive ketones (excluding diaryl/α,β-unsaturated/α-hetero) is 2. The molecule has 0 aliphatic heterocycles. The van der Waals surface area contributed by atoms with E-state index in [1.165, 1.54) is 12.2 Å². The lowest BCUT2D eigenvalue weighted by Crippen LogP contribution is -2.43. The van der Waals surface area contributed by atoms with Gasteiger partial charge in [-0.2, -0.15) is 13.8 Å². The molecule has 0 N–H and O–H groups in total. The molecule has 0 spiro atoms. The van der Waals surface area contributed by atoms with Crippen LogP contribution in [0.25, 0.3) is 11.1 Å². The minimum absolute atomic E-state index is 0.0495. The average molecular weight is 717 g/mol. The monoisotopic (exact) mass is 716 g/mol. The number of carbonyl (C=O) groups is 2. The van der Waals surface area contributed by atoms with Crippen molar-refractivity contribution in [3.05, 3.63) is 35.4 Å². The van der Waals surface area contributed by atoms with Crippen LogP contribution >= 0.6 is 0 Å². The number of hydrogen-bond acceptors (Lipinski definition) is 8. The van der Waals surface area contributed by atoms with Gasteiger partial charge in [0.25, 0.3) is 0 Å². The molecule has 6 aliphatic carbocycles. The molecule has 0 amide bonds. The van der Waals surface area contributed by atoms with Gasteiger partial charge >= 0.3 is 22.8 Å². The summed E-state index contributed by atoms with van der Waals surface area (Å²) in [6, 6.07) is 0. The Balaban J connectivity index is 0.920. The summed E-state index contributed by atoms with van der Waals surface area (Å²) in [5.41, 5.74) is 18.4. The molecule has 0 bridgehead atoms. The van der Waals surface area contributed by atoms with Gasteiger partial charge in [0.05, 0.1) is 23.6 Å². The predicted molar refractivity (Wildman–Crippen MR) is 181 cm³/mol. The summed E-state index contributed by atoms with van der Waals surface area (Å²) in [6.07, 6.45) is 17.5. The van der Waals surface area contributed by atoms with E-state index < -0.39 is 22.4 Å². The van der Waals surface area contributed by atoms with Gasteiger partial charge in [-0.15, -0.1) is 4.33 Å². The van der Waals surface area contributed by atoms with Gasteiger partial charge < -0.3 is 11.1 Å². The normalized spacial score (nSPS) is 37.8. The van der Waals surface area contributed by atoms with Gasteiger partial charge in [-0.25, -0.2) is 9.10 Å². The molecule has 0 aromatic heterocycles. The quantitative estimate of drug-likeness (QED) is 0.122. The molecule has 268 valence electrons. The summed E-state index contributed by atoms with van der Waals surface area (Å²) in [4.78, 5) is 37.2. The Morgan fingerprint density at radius 1 is 0.694 bits per heavy atom. The Kier molecular flexibility index (Phi) is 11.9. The highest BCUT2D eigenvalue weighted by atomic mass is 32.2. The molecular weight excluding hydrogens is 669 g/mol. The van der Waals surface area contributed by atoms with E-state index in [-0.39, 0.29) is 75.6 Å². The van der Waals surface area contributed by atoms with E-state index in [0.29, 0.717) is 37.5 Å². The second kappa shape index (κ2) is 15.9. The van der Waals surface area contributed by atoms with E-state index >= 15 is 0 Å². The number of rotatable bonds is 10. The average Bonchev–Trinajstić information content (AvgIpc) is 3.11. The van der Waals surface area contributed by atoms with Crippen molar-refractivity contribution in [1.29, 1.82) is 0 Å². The topological polar surface area (TPSA) is 178 Å². The van der Waals surface area contributed by atoms with Gasteiger partial charge in [0.2, 0.25) is 11.6 Å². The summed E-state index contributed by atoms with van der Waals surface area (Å²) in [5, 5.41) is -0.340. The van der Waals surface area contributed by atoms with Crippen LogP contribution in [0, 0.1) is 40.9 Å². The predicted octanol–water partition coefficient (Wildman–Crippen LogP) is 5.54. The summed E-state index contributed by atoms with van der Waals surface area (Å²) >= 11 is -3.61. The first-order valence-electron chi connectivity index (χ1n) is 18.0. The van der Waals surface area contributed by atoms with Crippen molar-refractivity contribution in [2.75, 3.05) is 0 Å². The summed E-state index contributed by atoms with van der Waals surface area (Å²) in [7, 11) is 0. The van der Waals surface area contributed by atoms with Crippen LogP contribution < -0.4 is 0 Å². The van der Waals surface area contributed by atoms with Crippen LogP contribution in [0.1, 0.15) is 104 Å². The number of allylic oxidation sites excluding steroid dienone is 3. The van der Waals surface area contributed by atoms with Gasteiger partial charge in [-0.3, -0.25) is 18.0 Å². The Hall–Kier alpha value is -2.28. The number of fused-ring (bicyclic) bond motifs is 2. The fourth-order valence-electron chi connectivity index (χ4n) is 9.46. The summed E-state index contributed by atoms with van der Waals surface area (Å²) < 4.78 is 43.3. The minimum atomic E-state index is -1.91. The molecule has 6 rings (SSSR count). The molecule has 0 radical (unpaired) electrons. The Bertz CT molecular complexity index is 1490. The largest absolute Gasteiger partial charge is 0.361 e. The highest BCUT2D eigenvalue weighted by molar-refractivity contribution is 7.80. The smallest absolute Gasteiger partial charge is 0.357 e. The van der Waals surface area contributed by atoms with E-state index in [0.717, 1.165) is 64.2 Å². The molecule has 49 heavy (non-hydrogen) atoms. The zero-order chi connectivity index (χ0) is 34.7. The van der Waals surface area contributed by atoms with E-state index in [1.54, 1.807) is 0 Å². The summed E-state index contributed by atoms with van der Waals surface area (Å²) in [5.74, 6) is -0.458. The van der Waals surface area contributed by atoms with Crippen LogP contribution in [0.5, 0.6) is 0 Å². The van der Waals surface area contributed by atoms with Gasteiger partial charge in [-0.1, -0.05) is 38.8 Å². The molecule has 4 saturated carbocycles. The summed E-state index contributed by atoms with van der Waals surface area (Å²) in [6.45, 7) is 4.71. The van der Waals surface area contributed by atoms with E-state index in [2.05, 4.69) is 23.4 Å². The van der Waals surface area contributed by atoms with E-state index in [9.17, 15) is 18.0 Å². The van der Waals surface area contributed by atoms with Gasteiger partial charge in [0.15, 0.2) is 11.1 Å². The molecule has 14 heteroatoms. The maximum absolute atomic E-state index is 13.1. The standard InChI is InChI=1S/C35H48N4O8S2/c1-35(2,21-9-13-23(14-10-21)44-47-48(42)32-8-4-6-28-26(32)18-20-30(39-37)34(28)41)22-11-15-24(16-12-22)45-49(43)46-31-7-3-5-27-25(31)17-19-29(38-36)33(27)40/h17-28,31-32H,3-16H2,1-2H3. The number of ketones is 2. The molecule has 8 unspecified atom stereocenters. The zero-order valence-electron chi connectivity index (χ0n) is 28.4. The first-order chi connectivity index (χ1) is 23.6. The number of hydrogen-bond donors (Lipinski definition) is 0. The fraction of sp³-hybridized carbons (Fsp3) is 0.771. The van der Waals surface area contributed by atoms with Gasteiger partial charge in [0.1, 0.15) is 0 Å². The van der Waals surface area contributed by atoms with E-state index in [4.69, 9.17) is 28.6 Å². The van der Waals surface area contributed by atoms with Crippen LogP contribution in [0.3, 0.4) is 0 Å². The molecule has 8 atom stereocenters. The molecule has 12 nitrogen and oxygen atoms in total. The Morgan fingerprint density at radius 3 is 1.82 bits per heavy atom. The lowest BCUT2D eigenvalue weighted by atomic mass is 9.60. The SMILES string of the molecule is CC(C)(C1CCC(OOS(=O)C2CCCC3C(=O)C(=[N+]=[N-])C=CC32)CC1)C1CCC(OS(=O)OC2CCCC3C(=O)C(=[N+]=[N-])C=CC23)CC1. The number of carbonyl (C=O) groups excluding carboxylic acids is 2. The van der Waals surface area contributed by atoms with Crippen LogP contribution in [0.15, 0.2) is 24.3 Å². The van der Waals surface area contributed by atoms with Crippen molar-refractivity contribution in [1.82, 2.24) is 0 Å². The van der Waals surface area contributed by atoms with Crippen molar-refractivity contribution in [2.24, 2.45) is 40.9 Å². The third kappa shape index (κ3) is 7.97. The lowest BCUT2D eigenvalue weighted by Gasteiger charge is -2.46. The van der Waals surface area contributed by atoms with Crippen molar-refractivity contribution in [3.8, 4) is 0 Å². The Morgan fingerprint density at radius 2 is 1.22 bits per heavy atom. The maximum Gasteiger partial charge on any atom is 0.357 e. The fourth-order valence-corrected chi connectivity index (χ4v) is 11.5. The third-order valence-electron chi connectivity index (χ3n) is 12.5. The Labute approximate surface area is 293 Å². The molecule has 0 saturated heterocycles. The molecule has 0 aromatic rings. The molecular formula is C35H48N4O8S2. The lowest BCUT2D eigenvalue weighted by molar-refractivity contribution is -0.247. The van der Waals surface area contributed by atoms with Crippen molar-refractivity contribution >= 4 is 45.4 Å². The van der Waals surface area contributed by atoms with E-state index in [1.807, 2.05) is 12.2 Å². The van der Waals surface area contributed by atoms with Gasteiger partial charge in [-0.05, 0) is 94.3 Å². The number of nitrogens with zero attached hydrogens (tertiary/aromatic N) is 4. The molecule has 0 heterocycles. The molecule has 0 aromatic carbocycles. The second-order valence-corrected chi connectivity index (χ2v) is 17.4. The maximum atomic E-state index is 13.1. The van der Waals surface area contributed by atoms with Gasteiger partial charge in [0, 0.05) is 35.8 Å². The zero-order valence-corrected chi connectivity index (χ0v) is 30.0. The van der Waals surface area contributed by atoms with Crippen LogP contribution in [-0.4, -0.2) is 64.5 Å².